The number of carbonyl (C=O) groups is 1. The Bertz CT molecular complexity index is 432. The van der Waals surface area contributed by atoms with Gasteiger partial charge in [-0.15, -0.1) is 0 Å². The van der Waals surface area contributed by atoms with Crippen molar-refractivity contribution in [2.45, 2.75) is 25.9 Å². The predicted molar refractivity (Wildman–Crippen MR) is 53.9 cm³/mol. The van der Waals surface area contributed by atoms with Crippen molar-refractivity contribution in [2.24, 2.45) is 0 Å². The van der Waals surface area contributed by atoms with E-state index in [1.807, 2.05) is 6.92 Å². The minimum atomic E-state index is -4.50. The normalized spacial score (nSPS) is 11.3. The Kier molecular flexibility index (Phi) is 4.52. The van der Waals surface area contributed by atoms with Gasteiger partial charge in [0.05, 0.1) is 0 Å². The highest BCUT2D eigenvalue weighted by Crippen LogP contribution is 2.21. The summed E-state index contributed by atoms with van der Waals surface area (Å²) in [6.45, 7) is 0.307. The molecule has 0 N–H and O–H groups in total. The first kappa shape index (κ1) is 14.3. The Morgan fingerprint density at radius 2 is 2.17 bits per heavy atom. The van der Waals surface area contributed by atoms with Gasteiger partial charge in [0.1, 0.15) is 0 Å². The predicted octanol–water partition coefficient (Wildman–Crippen LogP) is 0.877. The molecule has 0 bridgehead atoms. The molecule has 0 aliphatic heterocycles. The third-order valence-corrected chi connectivity index (χ3v) is 2.10. The molecular formula is C11H11F3NO3-. The van der Waals surface area contributed by atoms with Crippen LogP contribution in [0.3, 0.4) is 0 Å². The highest BCUT2D eigenvalue weighted by atomic mass is 19.4. The molecule has 0 amide bonds. The Morgan fingerprint density at radius 3 is 2.67 bits per heavy atom. The molecule has 18 heavy (non-hydrogen) atoms. The Balaban J connectivity index is 2.91. The first-order valence-corrected chi connectivity index (χ1v) is 5.19. The maximum absolute atomic E-state index is 12.0. The van der Waals surface area contributed by atoms with Gasteiger partial charge >= 0.3 is 6.18 Å². The lowest BCUT2D eigenvalue weighted by Crippen LogP contribution is -2.25. The Hall–Kier alpha value is -1.79. The van der Waals surface area contributed by atoms with Gasteiger partial charge in [-0.1, -0.05) is 6.92 Å². The van der Waals surface area contributed by atoms with Gasteiger partial charge < -0.3 is 14.6 Å². The average molecular weight is 262 g/mol. The van der Waals surface area contributed by atoms with Crippen LogP contribution in [0.15, 0.2) is 12.3 Å². The first-order chi connectivity index (χ1) is 8.31. The molecule has 0 radical (unpaired) electrons. The van der Waals surface area contributed by atoms with E-state index in [0.717, 1.165) is 0 Å². The second kappa shape index (κ2) is 5.70. The van der Waals surface area contributed by atoms with E-state index < -0.39 is 25.2 Å². The maximum atomic E-state index is 12.0. The summed E-state index contributed by atoms with van der Waals surface area (Å²) >= 11 is 0. The van der Waals surface area contributed by atoms with Gasteiger partial charge in [0.25, 0.3) is 0 Å². The van der Waals surface area contributed by atoms with Gasteiger partial charge in [-0.2, -0.15) is 13.2 Å². The molecule has 0 unspecified atom stereocenters. The van der Waals surface area contributed by atoms with Crippen LogP contribution in [0.5, 0.6) is 5.88 Å². The summed E-state index contributed by atoms with van der Waals surface area (Å²) in [4.78, 5) is 14.2. The van der Waals surface area contributed by atoms with Crippen LogP contribution in [0.1, 0.15) is 18.1 Å². The lowest BCUT2D eigenvalue weighted by Gasteiger charge is -2.13. The zero-order chi connectivity index (χ0) is 13.8. The fourth-order valence-electron chi connectivity index (χ4n) is 1.30. The van der Waals surface area contributed by atoms with E-state index in [-0.39, 0.29) is 11.4 Å². The molecule has 0 saturated carbocycles. The quantitative estimate of drug-likeness (QED) is 0.790. The molecule has 0 aliphatic carbocycles. The van der Waals surface area contributed by atoms with Gasteiger partial charge in [0.2, 0.25) is 5.88 Å². The highest BCUT2D eigenvalue weighted by molar-refractivity contribution is 5.68. The number of nitrogens with zero attached hydrogens (tertiary/aromatic N) is 1. The summed E-state index contributed by atoms with van der Waals surface area (Å²) < 4.78 is 40.5. The van der Waals surface area contributed by atoms with E-state index in [0.29, 0.717) is 12.0 Å². The van der Waals surface area contributed by atoms with Crippen molar-refractivity contribution in [3.05, 3.63) is 23.4 Å². The van der Waals surface area contributed by atoms with E-state index in [9.17, 15) is 23.1 Å². The van der Waals surface area contributed by atoms with Gasteiger partial charge in [-0.25, -0.2) is 4.98 Å². The van der Waals surface area contributed by atoms with Crippen LogP contribution in [-0.2, 0) is 17.6 Å². The molecule has 1 aromatic rings. The number of halogens is 3. The van der Waals surface area contributed by atoms with Crippen molar-refractivity contribution in [3.8, 4) is 5.88 Å². The van der Waals surface area contributed by atoms with Crippen LogP contribution in [0.25, 0.3) is 0 Å². The number of aryl methyl sites for hydroxylation is 1. The fraction of sp³-hybridized carbons (Fsp3) is 0.455. The summed E-state index contributed by atoms with van der Waals surface area (Å²) in [7, 11) is 0. The summed E-state index contributed by atoms with van der Waals surface area (Å²) in [6.07, 6.45) is -3.09. The van der Waals surface area contributed by atoms with E-state index in [1.165, 1.54) is 12.3 Å². The summed E-state index contributed by atoms with van der Waals surface area (Å²) in [6, 6.07) is 1.45. The van der Waals surface area contributed by atoms with E-state index in [4.69, 9.17) is 0 Å². The SMILES string of the molecule is CCc1cnc(OCC(F)(F)F)c(CC(=O)[O-])c1. The van der Waals surface area contributed by atoms with Crippen LogP contribution >= 0.6 is 0 Å². The number of ether oxygens (including phenoxy) is 1. The number of aromatic nitrogens is 1. The molecule has 0 aliphatic rings. The lowest BCUT2D eigenvalue weighted by atomic mass is 10.1. The largest absolute Gasteiger partial charge is 0.550 e. The standard InChI is InChI=1S/C11H12F3NO3/c1-2-7-3-8(4-9(16)17)10(15-5-7)18-6-11(12,13)14/h3,5H,2,4,6H2,1H3,(H,16,17)/p-1. The third kappa shape index (κ3) is 4.60. The monoisotopic (exact) mass is 262 g/mol. The van der Waals surface area contributed by atoms with Crippen molar-refractivity contribution < 1.29 is 27.8 Å². The zero-order valence-electron chi connectivity index (χ0n) is 9.58. The van der Waals surface area contributed by atoms with Crippen LogP contribution in [0, 0.1) is 0 Å². The van der Waals surface area contributed by atoms with Crippen molar-refractivity contribution in [1.82, 2.24) is 4.98 Å². The second-order valence-electron chi connectivity index (χ2n) is 3.61. The molecule has 0 saturated heterocycles. The maximum Gasteiger partial charge on any atom is 0.422 e. The number of hydrogen-bond donors (Lipinski definition) is 0. The fourth-order valence-corrected chi connectivity index (χ4v) is 1.30. The highest BCUT2D eigenvalue weighted by Gasteiger charge is 2.29. The first-order valence-electron chi connectivity index (χ1n) is 5.19. The number of rotatable bonds is 5. The Labute approximate surface area is 101 Å². The van der Waals surface area contributed by atoms with Crippen LogP contribution < -0.4 is 9.84 Å². The van der Waals surface area contributed by atoms with E-state index in [1.54, 1.807) is 0 Å². The average Bonchev–Trinajstić information content (AvgIpc) is 2.25. The lowest BCUT2D eigenvalue weighted by molar-refractivity contribution is -0.304. The van der Waals surface area contributed by atoms with E-state index in [2.05, 4.69) is 9.72 Å². The van der Waals surface area contributed by atoms with Crippen LogP contribution in [0.4, 0.5) is 13.2 Å². The molecule has 100 valence electrons. The number of carbonyl (C=O) groups excluding carboxylic acids is 1. The van der Waals surface area contributed by atoms with Gasteiger partial charge in [-0.05, 0) is 18.1 Å². The molecule has 1 aromatic heterocycles. The zero-order valence-corrected chi connectivity index (χ0v) is 9.58. The number of hydrogen-bond acceptors (Lipinski definition) is 4. The second-order valence-corrected chi connectivity index (χ2v) is 3.61. The number of alkyl halides is 3. The van der Waals surface area contributed by atoms with E-state index >= 15 is 0 Å². The number of aliphatic carboxylic acids is 1. The number of carboxylic acids is 1. The Morgan fingerprint density at radius 1 is 1.50 bits per heavy atom. The topological polar surface area (TPSA) is 62.2 Å². The number of carboxylic acid groups (broad SMARTS) is 1. The molecule has 4 nitrogen and oxygen atoms in total. The summed E-state index contributed by atoms with van der Waals surface area (Å²) in [5, 5.41) is 10.5. The smallest absolute Gasteiger partial charge is 0.422 e. The molecule has 0 atom stereocenters. The minimum Gasteiger partial charge on any atom is -0.550 e. The summed E-state index contributed by atoms with van der Waals surface area (Å²) in [5.74, 6) is -1.73. The molecular weight excluding hydrogens is 251 g/mol. The van der Waals surface area contributed by atoms with Gasteiger partial charge in [0.15, 0.2) is 6.61 Å². The molecule has 0 fully saturated rings. The molecule has 0 aromatic carbocycles. The van der Waals surface area contributed by atoms with Crippen molar-refractivity contribution in [2.75, 3.05) is 6.61 Å². The molecule has 1 rings (SSSR count). The number of pyridine rings is 1. The van der Waals surface area contributed by atoms with Crippen molar-refractivity contribution >= 4 is 5.97 Å². The third-order valence-electron chi connectivity index (χ3n) is 2.10. The van der Waals surface area contributed by atoms with Crippen molar-refractivity contribution in [1.29, 1.82) is 0 Å². The minimum absolute atomic E-state index is 0.0820. The molecule has 1 heterocycles. The molecule has 7 heteroatoms. The van der Waals surface area contributed by atoms with Gasteiger partial charge in [0, 0.05) is 24.2 Å². The van der Waals surface area contributed by atoms with Crippen LogP contribution in [-0.4, -0.2) is 23.7 Å². The van der Waals surface area contributed by atoms with Crippen molar-refractivity contribution in [3.63, 3.8) is 0 Å². The van der Waals surface area contributed by atoms with Gasteiger partial charge in [-0.3, -0.25) is 0 Å². The molecule has 0 spiro atoms. The summed E-state index contributed by atoms with van der Waals surface area (Å²) in [5.41, 5.74) is 0.796. The van der Waals surface area contributed by atoms with Crippen LogP contribution in [0.2, 0.25) is 0 Å².